The Kier molecular flexibility index (Phi) is 7.64. The fourth-order valence-electron chi connectivity index (χ4n) is 3.32. The van der Waals surface area contributed by atoms with Crippen molar-refractivity contribution in [2.45, 2.75) is 13.2 Å². The highest BCUT2D eigenvalue weighted by atomic mass is 35.5. The number of thioether (sulfide) groups is 1. The molecule has 35 heavy (non-hydrogen) atoms. The van der Waals surface area contributed by atoms with Crippen molar-refractivity contribution in [1.82, 2.24) is 4.90 Å². The van der Waals surface area contributed by atoms with Crippen molar-refractivity contribution in [1.29, 1.82) is 0 Å². The molecule has 1 saturated heterocycles. The molecule has 0 saturated carbocycles. The molecular formula is C25H17Cl2F2NO4S. The molecule has 0 radical (unpaired) electrons. The van der Waals surface area contributed by atoms with Crippen molar-refractivity contribution in [3.63, 3.8) is 0 Å². The standard InChI is InChI=1S/C25H17Cl2F2NO4S/c1-33-21-8-5-14(9-22(21)34-13-17-18(26)3-2-4-20(17)29)10-23-24(31)30(25(32)35-23)12-15-6-7-16(28)11-19(15)27/h2-11H,12-13H2,1H3/b23-10+. The van der Waals surface area contributed by atoms with Gasteiger partial charge >= 0.3 is 0 Å². The highest BCUT2D eigenvalue weighted by Gasteiger charge is 2.35. The topological polar surface area (TPSA) is 55.8 Å². The Morgan fingerprint density at radius 1 is 1.00 bits per heavy atom. The van der Waals surface area contributed by atoms with Gasteiger partial charge in [0.15, 0.2) is 11.5 Å². The van der Waals surface area contributed by atoms with Crippen LogP contribution in [0.25, 0.3) is 6.08 Å². The number of hydrogen-bond acceptors (Lipinski definition) is 5. The summed E-state index contributed by atoms with van der Waals surface area (Å²) in [6.45, 7) is -0.220. The van der Waals surface area contributed by atoms with Gasteiger partial charge in [-0.15, -0.1) is 0 Å². The van der Waals surface area contributed by atoms with Gasteiger partial charge in [0.1, 0.15) is 18.2 Å². The van der Waals surface area contributed by atoms with E-state index in [-0.39, 0.29) is 33.7 Å². The Labute approximate surface area is 214 Å². The zero-order valence-corrected chi connectivity index (χ0v) is 20.5. The number of halogens is 4. The molecule has 4 rings (SSSR count). The number of methoxy groups -OCH3 is 1. The van der Waals surface area contributed by atoms with Gasteiger partial charge in [0.05, 0.1) is 23.6 Å². The molecule has 1 aliphatic heterocycles. The molecule has 1 heterocycles. The Morgan fingerprint density at radius 3 is 2.51 bits per heavy atom. The minimum absolute atomic E-state index is 0.0819. The molecule has 0 aromatic heterocycles. The van der Waals surface area contributed by atoms with Crippen LogP contribution in [0, 0.1) is 11.6 Å². The normalized spacial score (nSPS) is 14.7. The second-order valence-corrected chi connectivity index (χ2v) is 9.21. The zero-order valence-electron chi connectivity index (χ0n) is 18.2. The molecule has 0 bridgehead atoms. The largest absolute Gasteiger partial charge is 0.493 e. The van der Waals surface area contributed by atoms with E-state index >= 15 is 0 Å². The van der Waals surface area contributed by atoms with E-state index in [0.717, 1.165) is 22.7 Å². The maximum atomic E-state index is 14.1. The van der Waals surface area contributed by atoms with Gasteiger partial charge in [-0.3, -0.25) is 14.5 Å². The predicted octanol–water partition coefficient (Wildman–Crippen LogP) is 7.10. The molecule has 0 atom stereocenters. The number of carbonyl (C=O) groups is 2. The van der Waals surface area contributed by atoms with Crippen LogP contribution < -0.4 is 9.47 Å². The van der Waals surface area contributed by atoms with Crippen molar-refractivity contribution in [3.8, 4) is 11.5 Å². The Bertz CT molecular complexity index is 1330. The van der Waals surface area contributed by atoms with E-state index in [2.05, 4.69) is 0 Å². The molecule has 1 aliphatic rings. The second kappa shape index (κ2) is 10.7. The van der Waals surface area contributed by atoms with Crippen LogP contribution in [0.3, 0.4) is 0 Å². The number of amides is 2. The molecule has 180 valence electrons. The maximum Gasteiger partial charge on any atom is 0.293 e. The summed E-state index contributed by atoms with van der Waals surface area (Å²) in [6, 6.07) is 13.0. The van der Waals surface area contributed by atoms with Crippen LogP contribution in [0.5, 0.6) is 11.5 Å². The van der Waals surface area contributed by atoms with E-state index in [9.17, 15) is 18.4 Å². The van der Waals surface area contributed by atoms with Crippen LogP contribution >= 0.6 is 35.0 Å². The average molecular weight is 536 g/mol. The van der Waals surface area contributed by atoms with Crippen LogP contribution in [-0.4, -0.2) is 23.2 Å². The molecule has 2 amide bonds. The molecule has 0 aliphatic carbocycles. The van der Waals surface area contributed by atoms with Gasteiger partial charge in [-0.25, -0.2) is 8.78 Å². The summed E-state index contributed by atoms with van der Waals surface area (Å²) in [6.07, 6.45) is 1.54. The fraction of sp³-hybridized carbons (Fsp3) is 0.120. The van der Waals surface area contributed by atoms with Crippen LogP contribution in [0.2, 0.25) is 10.0 Å². The third kappa shape index (κ3) is 5.61. The molecule has 3 aromatic carbocycles. The quantitative estimate of drug-likeness (QED) is 0.302. The molecule has 0 unspecified atom stereocenters. The van der Waals surface area contributed by atoms with Gasteiger partial charge in [0, 0.05) is 10.6 Å². The summed E-state index contributed by atoms with van der Waals surface area (Å²) in [5.41, 5.74) is 1.21. The van der Waals surface area contributed by atoms with Gasteiger partial charge in [0.2, 0.25) is 0 Å². The van der Waals surface area contributed by atoms with E-state index in [1.807, 2.05) is 0 Å². The Morgan fingerprint density at radius 2 is 1.80 bits per heavy atom. The molecular weight excluding hydrogens is 519 g/mol. The molecule has 3 aromatic rings. The second-order valence-electron chi connectivity index (χ2n) is 7.40. The van der Waals surface area contributed by atoms with Crippen LogP contribution in [0.4, 0.5) is 13.6 Å². The smallest absolute Gasteiger partial charge is 0.293 e. The van der Waals surface area contributed by atoms with Gasteiger partial charge in [-0.05, 0) is 65.4 Å². The summed E-state index contributed by atoms with van der Waals surface area (Å²) in [5, 5.41) is -0.115. The monoisotopic (exact) mass is 535 g/mol. The van der Waals surface area contributed by atoms with Crippen LogP contribution in [0.15, 0.2) is 59.5 Å². The third-order valence-electron chi connectivity index (χ3n) is 5.14. The average Bonchev–Trinajstić information content (AvgIpc) is 3.08. The summed E-state index contributed by atoms with van der Waals surface area (Å²) in [4.78, 5) is 26.6. The van der Waals surface area contributed by atoms with E-state index in [1.54, 1.807) is 30.3 Å². The maximum absolute atomic E-state index is 14.1. The number of carbonyl (C=O) groups excluding carboxylic acids is 2. The SMILES string of the molecule is COc1ccc(/C=C2/SC(=O)N(Cc3ccc(F)cc3Cl)C2=O)cc1OCc1c(F)cccc1Cl. The minimum Gasteiger partial charge on any atom is -0.493 e. The zero-order chi connectivity index (χ0) is 25.1. The number of nitrogens with zero attached hydrogens (tertiary/aromatic N) is 1. The van der Waals surface area contributed by atoms with Crippen molar-refractivity contribution in [2.24, 2.45) is 0 Å². The Hall–Kier alpha value is -3.07. The predicted molar refractivity (Wildman–Crippen MR) is 132 cm³/mol. The first kappa shape index (κ1) is 25.0. The van der Waals surface area contributed by atoms with Gasteiger partial charge in [0.25, 0.3) is 11.1 Å². The van der Waals surface area contributed by atoms with E-state index in [1.165, 1.54) is 31.4 Å². The molecule has 0 spiro atoms. The summed E-state index contributed by atoms with van der Waals surface area (Å²) < 4.78 is 38.5. The first-order chi connectivity index (χ1) is 16.8. The number of imide groups is 1. The summed E-state index contributed by atoms with van der Waals surface area (Å²) in [5.74, 6) is -0.812. The highest BCUT2D eigenvalue weighted by molar-refractivity contribution is 8.18. The van der Waals surface area contributed by atoms with Crippen molar-refractivity contribution < 1.29 is 27.8 Å². The lowest BCUT2D eigenvalue weighted by Gasteiger charge is -2.14. The van der Waals surface area contributed by atoms with E-state index in [0.29, 0.717) is 22.6 Å². The molecule has 1 fully saturated rings. The molecule has 5 nitrogen and oxygen atoms in total. The number of hydrogen-bond donors (Lipinski definition) is 0. The lowest BCUT2D eigenvalue weighted by atomic mass is 10.1. The van der Waals surface area contributed by atoms with Gasteiger partial charge < -0.3 is 9.47 Å². The van der Waals surface area contributed by atoms with Gasteiger partial charge in [-0.1, -0.05) is 41.4 Å². The van der Waals surface area contributed by atoms with E-state index in [4.69, 9.17) is 32.7 Å². The minimum atomic E-state index is -0.511. The first-order valence-corrected chi connectivity index (χ1v) is 11.8. The van der Waals surface area contributed by atoms with Crippen LogP contribution in [-0.2, 0) is 17.9 Å². The fourth-order valence-corrected chi connectivity index (χ4v) is 4.61. The number of ether oxygens (including phenoxy) is 2. The Balaban J connectivity index is 1.55. The first-order valence-electron chi connectivity index (χ1n) is 10.2. The third-order valence-corrected chi connectivity index (χ3v) is 6.75. The lowest BCUT2D eigenvalue weighted by molar-refractivity contribution is -0.123. The number of rotatable bonds is 7. The van der Waals surface area contributed by atoms with Gasteiger partial charge in [-0.2, -0.15) is 0 Å². The van der Waals surface area contributed by atoms with Crippen molar-refractivity contribution >= 4 is 52.2 Å². The van der Waals surface area contributed by atoms with E-state index < -0.39 is 22.8 Å². The number of benzene rings is 3. The molecule has 0 N–H and O–H groups in total. The lowest BCUT2D eigenvalue weighted by Crippen LogP contribution is -2.27. The summed E-state index contributed by atoms with van der Waals surface area (Å²) in [7, 11) is 1.46. The van der Waals surface area contributed by atoms with Crippen molar-refractivity contribution in [3.05, 3.63) is 97.9 Å². The molecule has 10 heteroatoms. The highest BCUT2D eigenvalue weighted by Crippen LogP contribution is 2.36. The van der Waals surface area contributed by atoms with Crippen LogP contribution in [0.1, 0.15) is 16.7 Å². The summed E-state index contributed by atoms with van der Waals surface area (Å²) >= 11 is 12.9. The van der Waals surface area contributed by atoms with Crippen molar-refractivity contribution in [2.75, 3.05) is 7.11 Å².